The van der Waals surface area contributed by atoms with Crippen molar-refractivity contribution in [1.29, 1.82) is 0 Å². The molecule has 0 bridgehead atoms. The van der Waals surface area contributed by atoms with Crippen molar-refractivity contribution in [3.63, 3.8) is 0 Å². The van der Waals surface area contributed by atoms with Crippen molar-refractivity contribution in [2.24, 2.45) is 0 Å². The second kappa shape index (κ2) is 10.2. The Morgan fingerprint density at radius 2 is 1.66 bits per heavy atom. The van der Waals surface area contributed by atoms with Crippen LogP contribution in [-0.4, -0.2) is 59.8 Å². The number of urea groups is 1. The third-order valence-electron chi connectivity index (χ3n) is 5.81. The molecule has 0 aliphatic carbocycles. The minimum absolute atomic E-state index is 0.0206. The Morgan fingerprint density at radius 3 is 2.26 bits per heavy atom. The fourth-order valence-corrected chi connectivity index (χ4v) is 4.01. The van der Waals surface area contributed by atoms with Gasteiger partial charge in [0.2, 0.25) is 11.8 Å². The summed E-state index contributed by atoms with van der Waals surface area (Å²) in [7, 11) is 0. The van der Waals surface area contributed by atoms with Gasteiger partial charge in [0.1, 0.15) is 0 Å². The van der Waals surface area contributed by atoms with Gasteiger partial charge in [-0.1, -0.05) is 0 Å². The molecule has 0 aromatic heterocycles. The molecule has 2 aliphatic rings. The second-order valence-corrected chi connectivity index (χ2v) is 8.19. The molecule has 2 heterocycles. The topological polar surface area (TPSA) is 154 Å². The summed E-state index contributed by atoms with van der Waals surface area (Å²) >= 11 is 0. The molecular weight excluding hydrogens is 456 g/mol. The lowest BCUT2D eigenvalue weighted by Gasteiger charge is -2.21. The van der Waals surface area contributed by atoms with Gasteiger partial charge in [-0.2, -0.15) is 0 Å². The highest BCUT2D eigenvalue weighted by Gasteiger charge is 2.28. The van der Waals surface area contributed by atoms with Crippen molar-refractivity contribution in [2.45, 2.75) is 19.3 Å². The van der Waals surface area contributed by atoms with Crippen molar-refractivity contribution in [1.82, 2.24) is 10.2 Å². The molecule has 5 amide bonds. The number of nitro benzene ring substituents is 1. The summed E-state index contributed by atoms with van der Waals surface area (Å²) in [6.45, 7) is 1.48. The smallest absolute Gasteiger partial charge is 0.324 e. The summed E-state index contributed by atoms with van der Waals surface area (Å²) in [5.41, 5.74) is 1.63. The van der Waals surface area contributed by atoms with Crippen LogP contribution in [0.15, 0.2) is 42.5 Å². The maximum Gasteiger partial charge on any atom is 0.324 e. The number of imide groups is 1. The average molecular weight is 480 g/mol. The van der Waals surface area contributed by atoms with E-state index in [9.17, 15) is 29.3 Å². The molecule has 12 heteroatoms. The molecule has 2 saturated heterocycles. The van der Waals surface area contributed by atoms with Gasteiger partial charge in [-0.05, 0) is 43.2 Å². The Kier molecular flexibility index (Phi) is 6.90. The first-order valence-electron chi connectivity index (χ1n) is 11.1. The van der Waals surface area contributed by atoms with Crippen molar-refractivity contribution in [3.05, 3.63) is 58.1 Å². The van der Waals surface area contributed by atoms with E-state index in [1.54, 1.807) is 30.3 Å². The van der Waals surface area contributed by atoms with Crippen molar-refractivity contribution in [3.8, 4) is 0 Å². The highest BCUT2D eigenvalue weighted by atomic mass is 16.6. The maximum absolute atomic E-state index is 13.0. The molecule has 0 unspecified atom stereocenters. The molecular formula is C23H24N6O6. The molecule has 4 rings (SSSR count). The quantitative estimate of drug-likeness (QED) is 0.298. The monoisotopic (exact) mass is 480 g/mol. The molecule has 0 spiro atoms. The number of anilines is 3. The van der Waals surface area contributed by atoms with E-state index in [0.29, 0.717) is 17.1 Å². The number of nitrogens with one attached hydrogen (secondary N) is 3. The minimum atomic E-state index is -0.534. The van der Waals surface area contributed by atoms with E-state index in [1.807, 2.05) is 4.90 Å². The molecule has 2 aromatic rings. The number of rotatable bonds is 8. The molecule has 0 radical (unpaired) electrons. The number of amides is 5. The molecule has 182 valence electrons. The van der Waals surface area contributed by atoms with Crippen LogP contribution >= 0.6 is 0 Å². The van der Waals surface area contributed by atoms with Crippen LogP contribution in [0.2, 0.25) is 0 Å². The number of hydrogen-bond acceptors (Lipinski definition) is 7. The van der Waals surface area contributed by atoms with Crippen LogP contribution in [-0.2, 0) is 9.59 Å². The Balaban J connectivity index is 1.38. The summed E-state index contributed by atoms with van der Waals surface area (Å²) in [5, 5.41) is 19.0. The summed E-state index contributed by atoms with van der Waals surface area (Å²) in [4.78, 5) is 62.0. The van der Waals surface area contributed by atoms with Gasteiger partial charge < -0.3 is 20.9 Å². The number of benzene rings is 2. The highest BCUT2D eigenvalue weighted by Crippen LogP contribution is 2.29. The molecule has 3 N–H and O–H groups in total. The van der Waals surface area contributed by atoms with E-state index in [4.69, 9.17) is 0 Å². The zero-order chi connectivity index (χ0) is 24.9. The van der Waals surface area contributed by atoms with E-state index in [0.717, 1.165) is 30.8 Å². The first-order valence-corrected chi connectivity index (χ1v) is 11.1. The van der Waals surface area contributed by atoms with E-state index in [2.05, 4.69) is 16.0 Å². The molecule has 2 fully saturated rings. The van der Waals surface area contributed by atoms with Gasteiger partial charge in [-0.15, -0.1) is 0 Å². The second-order valence-electron chi connectivity index (χ2n) is 8.19. The lowest BCUT2D eigenvalue weighted by molar-refractivity contribution is -0.384. The number of carbonyl (C=O) groups excluding carboxylic acids is 4. The number of hydrogen-bond donors (Lipinski definition) is 3. The van der Waals surface area contributed by atoms with E-state index >= 15 is 0 Å². The first-order chi connectivity index (χ1) is 16.8. The number of carbonyl (C=O) groups is 4. The first kappa shape index (κ1) is 23.7. The van der Waals surface area contributed by atoms with Gasteiger partial charge >= 0.3 is 6.03 Å². The average Bonchev–Trinajstić information content (AvgIpc) is 3.48. The van der Waals surface area contributed by atoms with Gasteiger partial charge in [0.25, 0.3) is 11.6 Å². The van der Waals surface area contributed by atoms with Crippen LogP contribution in [0.4, 0.5) is 27.5 Å². The molecule has 2 aromatic carbocycles. The number of nitrogens with zero attached hydrogens (tertiary/aromatic N) is 3. The Hall–Kier alpha value is -4.48. The predicted molar refractivity (Wildman–Crippen MR) is 127 cm³/mol. The lowest BCUT2D eigenvalue weighted by atomic mass is 10.1. The molecule has 35 heavy (non-hydrogen) atoms. The summed E-state index contributed by atoms with van der Waals surface area (Å²) in [6, 6.07) is 10.1. The van der Waals surface area contributed by atoms with E-state index in [1.165, 1.54) is 12.1 Å². The normalized spacial score (nSPS) is 15.2. The lowest BCUT2D eigenvalue weighted by Crippen LogP contribution is -2.33. The van der Waals surface area contributed by atoms with Gasteiger partial charge in [0.05, 0.1) is 22.7 Å². The highest BCUT2D eigenvalue weighted by molar-refractivity contribution is 6.09. The van der Waals surface area contributed by atoms with E-state index < -0.39 is 16.9 Å². The van der Waals surface area contributed by atoms with Gasteiger partial charge in [0, 0.05) is 49.6 Å². The standard InChI is InChI=1S/C23H24N6O6/c30-20(9-12-28-21(31)14-24-23(28)33)25-15-3-5-16(6-4-15)26-22(32)18-13-17(29(34)35)7-8-19(18)27-10-1-2-11-27/h3-8,13H,1-2,9-12,14H2,(H,24,33)(H,25,30)(H,26,32). The molecule has 0 saturated carbocycles. The van der Waals surface area contributed by atoms with Crippen LogP contribution in [0.1, 0.15) is 29.6 Å². The van der Waals surface area contributed by atoms with Crippen LogP contribution < -0.4 is 20.9 Å². The van der Waals surface area contributed by atoms with Crippen molar-refractivity contribution in [2.75, 3.05) is 41.7 Å². The zero-order valence-electron chi connectivity index (χ0n) is 18.8. The molecule has 0 atom stereocenters. The van der Waals surface area contributed by atoms with Crippen molar-refractivity contribution >= 4 is 46.5 Å². The third kappa shape index (κ3) is 5.54. The summed E-state index contributed by atoms with van der Waals surface area (Å²) in [5.74, 6) is -1.22. The molecule has 12 nitrogen and oxygen atoms in total. The molecule has 2 aliphatic heterocycles. The predicted octanol–water partition coefficient (Wildman–Crippen LogP) is 2.33. The van der Waals surface area contributed by atoms with Gasteiger partial charge in [-0.25, -0.2) is 4.79 Å². The largest absolute Gasteiger partial charge is 0.371 e. The summed E-state index contributed by atoms with van der Waals surface area (Å²) in [6.07, 6.45) is 1.93. The SMILES string of the molecule is O=C(CCN1C(=O)CNC1=O)Nc1ccc(NC(=O)c2cc([N+](=O)[O-])ccc2N2CCCC2)cc1. The fraction of sp³-hybridized carbons (Fsp3) is 0.304. The van der Waals surface area contributed by atoms with Crippen LogP contribution in [0.5, 0.6) is 0 Å². The fourth-order valence-electron chi connectivity index (χ4n) is 4.01. The minimum Gasteiger partial charge on any atom is -0.371 e. The maximum atomic E-state index is 13.0. The zero-order valence-corrected chi connectivity index (χ0v) is 18.8. The van der Waals surface area contributed by atoms with Crippen LogP contribution in [0, 0.1) is 10.1 Å². The van der Waals surface area contributed by atoms with Crippen molar-refractivity contribution < 1.29 is 24.1 Å². The van der Waals surface area contributed by atoms with Crippen LogP contribution in [0.3, 0.4) is 0 Å². The van der Waals surface area contributed by atoms with E-state index in [-0.39, 0.29) is 42.6 Å². The van der Waals surface area contributed by atoms with Gasteiger partial charge in [-0.3, -0.25) is 29.4 Å². The number of nitro groups is 1. The summed E-state index contributed by atoms with van der Waals surface area (Å²) < 4.78 is 0. The van der Waals surface area contributed by atoms with Gasteiger partial charge in [0.15, 0.2) is 0 Å². The van der Waals surface area contributed by atoms with Crippen LogP contribution in [0.25, 0.3) is 0 Å². The Bertz CT molecular complexity index is 1160. The number of non-ortho nitro benzene ring substituents is 1. The Morgan fingerprint density at radius 1 is 1.00 bits per heavy atom. The third-order valence-corrected chi connectivity index (χ3v) is 5.81. The Labute approximate surface area is 200 Å².